The number of aromatic carboxylic acids is 1. The molecule has 0 amide bonds. The van der Waals surface area contributed by atoms with Crippen LogP contribution in [0.4, 0.5) is 17.1 Å². The van der Waals surface area contributed by atoms with Crippen LogP contribution in [0, 0.1) is 44.4 Å². The number of pyridine rings is 3. The number of aliphatic imine (C=N–C) groups is 2. The van der Waals surface area contributed by atoms with Crippen molar-refractivity contribution in [3.05, 3.63) is 162 Å². The van der Waals surface area contributed by atoms with Crippen molar-refractivity contribution >= 4 is 186 Å². The zero-order chi connectivity index (χ0) is 69.2. The molecular weight excluding hydrogens is 1960 g/mol. The molecule has 0 unspecified atom stereocenters. The number of halogens is 6. The first-order valence-electron chi connectivity index (χ1n) is 32.3. The van der Waals surface area contributed by atoms with Crippen molar-refractivity contribution in [2.24, 2.45) is 33.7 Å². The summed E-state index contributed by atoms with van der Waals surface area (Å²) < 4.78 is 11.4. The van der Waals surface area contributed by atoms with Gasteiger partial charge in [-0.15, -0.1) is 0 Å². The first-order valence-corrected chi connectivity index (χ1v) is 57.0. The van der Waals surface area contributed by atoms with Gasteiger partial charge < -0.3 is 24.5 Å². The van der Waals surface area contributed by atoms with Gasteiger partial charge in [0.2, 0.25) is 0 Å². The van der Waals surface area contributed by atoms with Crippen LogP contribution >= 0.6 is 122 Å². The quantitative estimate of drug-likeness (QED) is 0.0505. The molecule has 16 nitrogen and oxygen atoms in total. The van der Waals surface area contributed by atoms with Gasteiger partial charge in [-0.3, -0.25) is 23.0 Å². The van der Waals surface area contributed by atoms with Crippen molar-refractivity contribution in [1.82, 2.24) is 28.2 Å². The Labute approximate surface area is 646 Å². The molecule has 0 radical (unpaired) electrons. The Morgan fingerprint density at radius 3 is 1.25 bits per heavy atom. The predicted octanol–water partition coefficient (Wildman–Crippen LogP) is 19.7. The number of carboxylic acids is 1. The summed E-state index contributed by atoms with van der Waals surface area (Å²) >= 11 is 14.3. The molecule has 4 aliphatic heterocycles. The molecule has 0 saturated carbocycles. The van der Waals surface area contributed by atoms with E-state index in [1.165, 1.54) is 11.1 Å². The molecule has 0 spiro atoms. The number of carbonyl (C=O) groups excluding carboxylic acids is 2. The van der Waals surface area contributed by atoms with Crippen molar-refractivity contribution in [3.8, 4) is 33.8 Å². The summed E-state index contributed by atoms with van der Waals surface area (Å²) in [5.74, 6) is 1.88. The normalized spacial score (nSPS) is 15.2. The van der Waals surface area contributed by atoms with Gasteiger partial charge >= 0.3 is 126 Å². The average Bonchev–Trinajstić information content (AvgIpc) is 1.65. The van der Waals surface area contributed by atoms with Crippen LogP contribution in [0.1, 0.15) is 127 Å². The first-order chi connectivity index (χ1) is 46.3. The Hall–Kier alpha value is -3.37. The van der Waals surface area contributed by atoms with E-state index < -0.39 is 5.97 Å². The molecule has 24 heteroatoms. The van der Waals surface area contributed by atoms with Crippen LogP contribution in [0.5, 0.6) is 0 Å². The van der Waals surface area contributed by atoms with Crippen molar-refractivity contribution in [2.75, 3.05) is 72.1 Å². The Balaban J connectivity index is 0.000000174. The van der Waals surface area contributed by atoms with E-state index >= 15 is 0 Å². The van der Waals surface area contributed by atoms with Gasteiger partial charge in [0.15, 0.2) is 22.7 Å². The summed E-state index contributed by atoms with van der Waals surface area (Å²) in [6, 6.07) is 30.5. The first kappa shape index (κ1) is 78.4. The van der Waals surface area contributed by atoms with Gasteiger partial charge in [0, 0.05) is 98.7 Å². The van der Waals surface area contributed by atoms with Crippen LogP contribution in [0.3, 0.4) is 0 Å². The number of aromatic nitrogens is 6. The van der Waals surface area contributed by atoms with E-state index in [1.54, 1.807) is 18.5 Å². The molecule has 1 atom stereocenters. The Morgan fingerprint density at radius 1 is 0.583 bits per heavy atom. The maximum absolute atomic E-state index is 13.4. The molecule has 4 aliphatic rings. The summed E-state index contributed by atoms with van der Waals surface area (Å²) in [6.07, 6.45) is 20.3. The number of Topliss-reactive ketones (excluding diaryl/α,β-unsaturated/α-hetero) is 1. The van der Waals surface area contributed by atoms with E-state index in [2.05, 4.69) is 241 Å². The third-order valence-corrected chi connectivity index (χ3v) is 18.0. The molecule has 10 heterocycles. The Kier molecular flexibility index (Phi) is 31.5. The van der Waals surface area contributed by atoms with Crippen LogP contribution in [-0.4, -0.2) is 120 Å². The molecule has 3 fully saturated rings. The number of ketones is 1. The van der Waals surface area contributed by atoms with Gasteiger partial charge in [-0.05, 0) is 124 Å². The molecule has 0 bridgehead atoms. The fourth-order valence-corrected chi connectivity index (χ4v) is 12.5. The standard InChI is InChI=1S/C27H31N5O.C23H27N3O2.C21H23N3O2.CH3I.5HI.2V/c1-18-8-12-31(13-9-18)23-15-21(25(33)14-20(3)26-28-10-11-29-26)17-32-24(16-30-27(23)32)22-7-5-4-6-19(22)2;1-4-28-23(27)18-13-20(25-11-9-16(2)10-12-25)22-24-14-21(26(22)15-18)19-8-6-5-7-17(19)3;1-14-7-9-23(10-8-14)18-11-16(21(25)26)13-24-19(12-22-20(18)24)17-6-4-3-5-15(17)2;1-2;;;;;;;/h4-7,10,15-18,20H,8-9,11-14H2,1-3H3;5-8,13-16H,4,9-12H2,1-3H3;3-6,11-14H,7-10H2,1-2H3,(H,25,26);1H3;5*1H;;/q;;;;;;;;;+2;+3/p-5/t20-;;;;;;;;;;/m1........../s1. The van der Waals surface area contributed by atoms with Gasteiger partial charge in [0.05, 0.1) is 77.0 Å². The number of nitrogens with zero attached hydrogens (tertiary/aromatic N) is 11. The molecule has 3 aromatic carbocycles. The molecule has 96 heavy (non-hydrogen) atoms. The van der Waals surface area contributed by atoms with Gasteiger partial charge in [-0.25, -0.2) is 29.5 Å². The van der Waals surface area contributed by atoms with E-state index in [4.69, 9.17) is 14.7 Å². The zero-order valence-corrected chi connectivity index (χ0v) is 71.5. The number of fused-ring (bicyclic) bond motifs is 3. The third-order valence-electron chi connectivity index (χ3n) is 18.0. The number of benzene rings is 3. The van der Waals surface area contributed by atoms with Gasteiger partial charge in [-0.2, -0.15) is 0 Å². The molecule has 3 saturated heterocycles. The van der Waals surface area contributed by atoms with E-state index in [-0.39, 0.29) is 22.6 Å². The number of amidine groups is 1. The molecule has 6 aromatic heterocycles. The van der Waals surface area contributed by atoms with Crippen molar-refractivity contribution in [1.29, 1.82) is 0 Å². The number of piperidine rings is 3. The predicted molar refractivity (Wildman–Crippen MR) is 440 cm³/mol. The minimum absolute atomic E-state index is 0.00450. The maximum atomic E-state index is 13.4. The minimum atomic E-state index is -0.914. The van der Waals surface area contributed by atoms with Crippen molar-refractivity contribution in [3.63, 3.8) is 0 Å². The number of alkyl halides is 1. The van der Waals surface area contributed by atoms with Crippen LogP contribution in [0.25, 0.3) is 50.7 Å². The summed E-state index contributed by atoms with van der Waals surface area (Å²) in [6.45, 7) is 23.8. The van der Waals surface area contributed by atoms with Gasteiger partial charge in [0.1, 0.15) is 5.84 Å². The SMILES string of the molecule is CCOC(=O)c1cc(N2CCC(C)CC2)c2ncc(-c3ccccc3C)n2c1.CI.Cc1ccccc1-c1cnc2c(N3CCC(C)CC3)cc(C(=O)C[C@@H](C)C3=NCC=N3)cn12.Cc1ccccc1-c1cnc2c(N3CCC(C)CC3)cc(C(=O)O)cn12.[I][V]([I])[I].[I][V][I]. The van der Waals surface area contributed by atoms with E-state index in [0.29, 0.717) is 46.1 Å². The average molecular weight is 2050 g/mol. The van der Waals surface area contributed by atoms with Crippen LogP contribution < -0.4 is 14.7 Å². The summed E-state index contributed by atoms with van der Waals surface area (Å²) in [7, 11) is 0.628. The number of imidazole rings is 3. The second kappa shape index (κ2) is 38.6. The Morgan fingerprint density at radius 2 is 0.917 bits per heavy atom. The number of anilines is 3. The van der Waals surface area contributed by atoms with Crippen LogP contribution in [0.2, 0.25) is 0 Å². The van der Waals surface area contributed by atoms with Gasteiger partial charge in [0.25, 0.3) is 0 Å². The summed E-state index contributed by atoms with van der Waals surface area (Å²) in [5.41, 5.74) is 16.9. The second-order valence-electron chi connectivity index (χ2n) is 24.6. The van der Waals surface area contributed by atoms with Crippen molar-refractivity contribution < 1.29 is 38.6 Å². The molecule has 1 N–H and O–H groups in total. The van der Waals surface area contributed by atoms with E-state index in [9.17, 15) is 19.5 Å². The summed E-state index contributed by atoms with van der Waals surface area (Å²) in [4.78, 5) is 69.4. The number of hydrogen-bond donors (Lipinski definition) is 1. The number of hydrogen-bond acceptors (Lipinski definition) is 12. The number of carboxylic acid groups (broad SMARTS) is 1. The Bertz CT molecular complexity index is 4150. The van der Waals surface area contributed by atoms with E-state index in [0.717, 1.165) is 174 Å². The van der Waals surface area contributed by atoms with Gasteiger partial charge in [-0.1, -0.05) is 123 Å². The fourth-order valence-electron chi connectivity index (χ4n) is 12.5. The topological polar surface area (TPSA) is 167 Å². The fraction of sp³-hybridized carbons (Fsp3) is 0.389. The molecule has 509 valence electrons. The monoisotopic (exact) mass is 2050 g/mol. The zero-order valence-electron chi connectivity index (χ0n) is 55.8. The number of carbonyl (C=O) groups is 3. The van der Waals surface area contributed by atoms with Crippen LogP contribution in [-0.2, 0) is 19.1 Å². The summed E-state index contributed by atoms with van der Waals surface area (Å²) in [5, 5.41) is 9.61. The third kappa shape index (κ3) is 20.5. The molecule has 0 aliphatic carbocycles. The number of aryl methyl sites for hydroxylation is 3. The van der Waals surface area contributed by atoms with E-state index in [1.807, 2.05) is 101 Å². The molecular formula is C72H84I6N11O5V2. The molecule has 9 aromatic rings. The molecule has 13 rings (SSSR count). The van der Waals surface area contributed by atoms with Crippen LogP contribution in [0.15, 0.2) is 138 Å². The number of rotatable bonds is 13. The number of esters is 1. The number of ether oxygens (including phenoxy) is 1. The van der Waals surface area contributed by atoms with Crippen molar-refractivity contribution in [2.45, 2.75) is 100 Å². The second-order valence-corrected chi connectivity index (χ2v) is 71.8.